The van der Waals surface area contributed by atoms with Crippen molar-refractivity contribution < 1.29 is 17.9 Å². The first-order valence-electron chi connectivity index (χ1n) is 8.28. The molecule has 2 unspecified atom stereocenters. The molecule has 0 radical (unpaired) electrons. The largest absolute Gasteiger partial charge is 0.391 e. The molecule has 2 rings (SSSR count). The zero-order valence-electron chi connectivity index (χ0n) is 14.0. The van der Waals surface area contributed by atoms with E-state index in [-0.39, 0.29) is 42.9 Å². The minimum absolute atomic E-state index is 0. The van der Waals surface area contributed by atoms with E-state index in [2.05, 4.69) is 21.7 Å². The van der Waals surface area contributed by atoms with Crippen molar-refractivity contribution in [2.75, 3.05) is 26.8 Å². The zero-order valence-corrected chi connectivity index (χ0v) is 16.3. The molecule has 2 aliphatic rings. The van der Waals surface area contributed by atoms with Crippen LogP contribution in [0.2, 0.25) is 0 Å². The van der Waals surface area contributed by atoms with Crippen LogP contribution >= 0.6 is 24.0 Å². The summed E-state index contributed by atoms with van der Waals surface area (Å²) in [7, 11) is 1.65. The third-order valence-corrected chi connectivity index (χ3v) is 4.50. The first-order valence-corrected chi connectivity index (χ1v) is 8.28. The summed E-state index contributed by atoms with van der Waals surface area (Å²) in [6.45, 7) is 2.16. The second-order valence-corrected chi connectivity index (χ2v) is 6.18. The quantitative estimate of drug-likeness (QED) is 0.291. The number of hydrogen-bond acceptors (Lipinski definition) is 2. The third-order valence-electron chi connectivity index (χ3n) is 4.50. The first kappa shape index (κ1) is 21.5. The van der Waals surface area contributed by atoms with Crippen molar-refractivity contribution >= 4 is 29.9 Å². The summed E-state index contributed by atoms with van der Waals surface area (Å²) in [5, 5.41) is 6.33. The summed E-state index contributed by atoms with van der Waals surface area (Å²) in [4.78, 5) is 4.12. The molecule has 0 spiro atoms. The van der Waals surface area contributed by atoms with Gasteiger partial charge in [0.1, 0.15) is 0 Å². The topological polar surface area (TPSA) is 45.7 Å². The molecule has 2 atom stereocenters. The number of nitrogens with one attached hydrogen (secondary N) is 2. The van der Waals surface area contributed by atoms with Crippen LogP contribution in [-0.4, -0.2) is 45.0 Å². The molecule has 0 amide bonds. The molecule has 1 aliphatic heterocycles. The SMILES string of the molecule is CN=C(NCCC1=CCOCC1)NC1CCCC(C(F)(F)F)C1.I. The van der Waals surface area contributed by atoms with Crippen LogP contribution in [0.5, 0.6) is 0 Å². The van der Waals surface area contributed by atoms with Gasteiger partial charge in [-0.05, 0) is 32.1 Å². The highest BCUT2D eigenvalue weighted by molar-refractivity contribution is 14.0. The monoisotopic (exact) mass is 461 g/mol. The van der Waals surface area contributed by atoms with Crippen LogP contribution in [-0.2, 0) is 4.74 Å². The summed E-state index contributed by atoms with van der Waals surface area (Å²) in [5.41, 5.74) is 1.36. The number of aliphatic imine (C=N–C) groups is 1. The van der Waals surface area contributed by atoms with Gasteiger partial charge in [0.15, 0.2) is 5.96 Å². The maximum atomic E-state index is 12.9. The van der Waals surface area contributed by atoms with Gasteiger partial charge in [-0.15, -0.1) is 24.0 Å². The van der Waals surface area contributed by atoms with E-state index >= 15 is 0 Å². The number of ether oxygens (including phenoxy) is 1. The van der Waals surface area contributed by atoms with Gasteiger partial charge >= 0.3 is 6.18 Å². The smallest absolute Gasteiger partial charge is 0.377 e. The van der Waals surface area contributed by atoms with Gasteiger partial charge in [-0.3, -0.25) is 4.99 Å². The average molecular weight is 461 g/mol. The Morgan fingerprint density at radius 1 is 1.38 bits per heavy atom. The van der Waals surface area contributed by atoms with Crippen molar-refractivity contribution in [3.63, 3.8) is 0 Å². The minimum Gasteiger partial charge on any atom is -0.377 e. The van der Waals surface area contributed by atoms with Crippen LogP contribution in [0.4, 0.5) is 13.2 Å². The summed E-state index contributed by atoms with van der Waals surface area (Å²) in [6.07, 6.45) is 1.59. The van der Waals surface area contributed by atoms with Gasteiger partial charge in [0.25, 0.3) is 0 Å². The van der Waals surface area contributed by atoms with E-state index in [1.54, 1.807) is 7.05 Å². The molecule has 1 aliphatic carbocycles. The normalized spacial score (nSPS) is 25.5. The fourth-order valence-corrected chi connectivity index (χ4v) is 3.14. The van der Waals surface area contributed by atoms with Gasteiger partial charge in [-0.25, -0.2) is 0 Å². The second-order valence-electron chi connectivity index (χ2n) is 6.18. The Balaban J connectivity index is 0.00000288. The zero-order chi connectivity index (χ0) is 16.7. The Bertz CT molecular complexity index is 441. The van der Waals surface area contributed by atoms with Gasteiger partial charge < -0.3 is 15.4 Å². The molecule has 8 heteroatoms. The van der Waals surface area contributed by atoms with Crippen LogP contribution < -0.4 is 10.6 Å². The lowest BCUT2D eigenvalue weighted by molar-refractivity contribution is -0.183. The Morgan fingerprint density at radius 3 is 2.79 bits per heavy atom. The van der Waals surface area contributed by atoms with Crippen molar-refractivity contribution in [1.29, 1.82) is 0 Å². The summed E-state index contributed by atoms with van der Waals surface area (Å²) >= 11 is 0. The maximum Gasteiger partial charge on any atom is 0.391 e. The van der Waals surface area contributed by atoms with Crippen molar-refractivity contribution in [3.05, 3.63) is 11.6 Å². The predicted molar refractivity (Wildman–Crippen MR) is 99.8 cm³/mol. The van der Waals surface area contributed by atoms with Gasteiger partial charge in [-0.2, -0.15) is 13.2 Å². The molecule has 0 aromatic carbocycles. The molecule has 24 heavy (non-hydrogen) atoms. The first-order chi connectivity index (χ1) is 11.0. The van der Waals surface area contributed by atoms with E-state index in [4.69, 9.17) is 4.74 Å². The van der Waals surface area contributed by atoms with Crippen molar-refractivity contribution in [2.24, 2.45) is 10.9 Å². The minimum atomic E-state index is -4.09. The predicted octanol–water partition coefficient (Wildman–Crippen LogP) is 3.63. The summed E-state index contributed by atoms with van der Waals surface area (Å²) in [5.74, 6) is -0.607. The lowest BCUT2D eigenvalue weighted by Gasteiger charge is -2.32. The fourth-order valence-electron chi connectivity index (χ4n) is 3.14. The number of nitrogens with zero attached hydrogens (tertiary/aromatic N) is 1. The highest BCUT2D eigenvalue weighted by Crippen LogP contribution is 2.37. The Hall–Kier alpha value is -0.510. The molecule has 1 saturated carbocycles. The van der Waals surface area contributed by atoms with Gasteiger partial charge in [0.05, 0.1) is 19.1 Å². The molecular weight excluding hydrogens is 434 g/mol. The molecule has 140 valence electrons. The van der Waals surface area contributed by atoms with Crippen molar-refractivity contribution in [2.45, 2.75) is 50.7 Å². The van der Waals surface area contributed by atoms with Crippen molar-refractivity contribution in [1.82, 2.24) is 10.6 Å². The van der Waals surface area contributed by atoms with Crippen LogP contribution in [0.25, 0.3) is 0 Å². The van der Waals surface area contributed by atoms with E-state index in [1.807, 2.05) is 0 Å². The van der Waals surface area contributed by atoms with Gasteiger partial charge in [-0.1, -0.05) is 18.1 Å². The van der Waals surface area contributed by atoms with E-state index in [0.29, 0.717) is 19.0 Å². The summed E-state index contributed by atoms with van der Waals surface area (Å²) in [6, 6.07) is -0.163. The lowest BCUT2D eigenvalue weighted by atomic mass is 9.85. The number of guanidine groups is 1. The van der Waals surface area contributed by atoms with E-state index in [0.717, 1.165) is 32.4 Å². The molecule has 0 bridgehead atoms. The molecule has 1 heterocycles. The maximum absolute atomic E-state index is 12.9. The molecule has 0 saturated heterocycles. The van der Waals surface area contributed by atoms with Crippen LogP contribution in [0.1, 0.15) is 38.5 Å². The average Bonchev–Trinajstić information content (AvgIpc) is 2.54. The molecule has 1 fully saturated rings. The number of rotatable bonds is 4. The standard InChI is InChI=1S/C16H26F3N3O.HI/c1-20-15(21-8-5-12-6-9-23-10-7-12)22-14-4-2-3-13(11-14)16(17,18)19;/h6,13-14H,2-5,7-11H2,1H3,(H2,20,21,22);1H. The van der Waals surface area contributed by atoms with Gasteiger partial charge in [0.2, 0.25) is 0 Å². The number of alkyl halides is 3. The molecule has 4 nitrogen and oxygen atoms in total. The summed E-state index contributed by atoms with van der Waals surface area (Å²) < 4.78 is 43.8. The Kier molecular flexibility index (Phi) is 9.40. The van der Waals surface area contributed by atoms with Crippen LogP contribution in [0.15, 0.2) is 16.6 Å². The number of halogens is 4. The molecule has 2 N–H and O–H groups in total. The second kappa shape index (κ2) is 10.5. The van der Waals surface area contributed by atoms with Gasteiger partial charge in [0, 0.05) is 19.6 Å². The number of hydrogen-bond donors (Lipinski definition) is 2. The van der Waals surface area contributed by atoms with E-state index < -0.39 is 12.1 Å². The highest BCUT2D eigenvalue weighted by atomic mass is 127. The Labute approximate surface area is 158 Å². The van der Waals surface area contributed by atoms with E-state index in [9.17, 15) is 13.2 Å². The molecule has 0 aromatic heterocycles. The highest BCUT2D eigenvalue weighted by Gasteiger charge is 2.42. The molecule has 0 aromatic rings. The lowest BCUT2D eigenvalue weighted by Crippen LogP contribution is -2.47. The van der Waals surface area contributed by atoms with E-state index in [1.165, 1.54) is 5.57 Å². The van der Waals surface area contributed by atoms with Crippen LogP contribution in [0.3, 0.4) is 0 Å². The fraction of sp³-hybridized carbons (Fsp3) is 0.812. The Morgan fingerprint density at radius 2 is 2.17 bits per heavy atom. The van der Waals surface area contributed by atoms with Crippen LogP contribution in [0, 0.1) is 5.92 Å². The van der Waals surface area contributed by atoms with Crippen molar-refractivity contribution in [3.8, 4) is 0 Å². The molecular formula is C16H27F3IN3O. The third kappa shape index (κ3) is 7.16.